The summed E-state index contributed by atoms with van der Waals surface area (Å²) in [7, 11) is 0. The van der Waals surface area contributed by atoms with E-state index in [1.54, 1.807) is 13.8 Å². The van der Waals surface area contributed by atoms with Crippen molar-refractivity contribution >= 4 is 29.5 Å². The Hall–Kier alpha value is -3.49. The van der Waals surface area contributed by atoms with Crippen molar-refractivity contribution in [1.82, 2.24) is 0 Å². The standard InChI is InChI=1S/C20H20FNO7/c1-5-27-20(26)17-16(11(3)23)12(4)29-18(17)22-15(24)9-28-19(25)13-7-6-10(2)14(21)8-13/h6-8H,5,9H2,1-4H3,(H,22,24). The lowest BCUT2D eigenvalue weighted by atomic mass is 10.1. The number of Topliss-reactive ketones (excluding diaryl/α,β-unsaturated/α-hetero) is 1. The van der Waals surface area contributed by atoms with Gasteiger partial charge in [-0.1, -0.05) is 6.07 Å². The third-order valence-corrected chi connectivity index (χ3v) is 3.91. The number of benzene rings is 1. The summed E-state index contributed by atoms with van der Waals surface area (Å²) in [4.78, 5) is 48.1. The van der Waals surface area contributed by atoms with Crippen LogP contribution in [0.3, 0.4) is 0 Å². The van der Waals surface area contributed by atoms with Crippen LogP contribution in [-0.2, 0) is 14.3 Å². The summed E-state index contributed by atoms with van der Waals surface area (Å²) in [6.07, 6.45) is 0. The topological polar surface area (TPSA) is 112 Å². The number of halogens is 1. The Morgan fingerprint density at radius 2 is 1.76 bits per heavy atom. The number of carbonyl (C=O) groups excluding carboxylic acids is 4. The highest BCUT2D eigenvalue weighted by Crippen LogP contribution is 2.28. The Morgan fingerprint density at radius 3 is 2.34 bits per heavy atom. The van der Waals surface area contributed by atoms with Crippen LogP contribution in [-0.4, -0.2) is 36.8 Å². The molecule has 1 aromatic heterocycles. The molecule has 8 nitrogen and oxygen atoms in total. The number of hydrogen-bond donors (Lipinski definition) is 1. The molecule has 0 atom stereocenters. The molecule has 1 N–H and O–H groups in total. The summed E-state index contributed by atoms with van der Waals surface area (Å²) in [5, 5.41) is 2.28. The van der Waals surface area contributed by atoms with Crippen molar-refractivity contribution in [1.29, 1.82) is 0 Å². The fourth-order valence-corrected chi connectivity index (χ4v) is 2.55. The molecule has 9 heteroatoms. The molecule has 1 aromatic carbocycles. The number of nitrogens with one attached hydrogen (secondary N) is 1. The molecule has 154 valence electrons. The van der Waals surface area contributed by atoms with E-state index >= 15 is 0 Å². The monoisotopic (exact) mass is 405 g/mol. The van der Waals surface area contributed by atoms with Gasteiger partial charge in [0, 0.05) is 0 Å². The zero-order valence-electron chi connectivity index (χ0n) is 16.4. The van der Waals surface area contributed by atoms with Crippen molar-refractivity contribution < 1.29 is 37.5 Å². The largest absolute Gasteiger partial charge is 0.462 e. The quantitative estimate of drug-likeness (QED) is 0.556. The predicted molar refractivity (Wildman–Crippen MR) is 99.5 cm³/mol. The summed E-state index contributed by atoms with van der Waals surface area (Å²) < 4.78 is 28.6. The Bertz CT molecular complexity index is 977. The molecule has 1 heterocycles. The number of esters is 2. The lowest BCUT2D eigenvalue weighted by Crippen LogP contribution is -2.22. The number of ether oxygens (including phenoxy) is 2. The van der Waals surface area contributed by atoms with E-state index < -0.39 is 36.1 Å². The number of anilines is 1. The molecule has 0 bridgehead atoms. The van der Waals surface area contributed by atoms with Crippen LogP contribution in [0.15, 0.2) is 22.6 Å². The van der Waals surface area contributed by atoms with Crippen LogP contribution >= 0.6 is 0 Å². The number of carbonyl (C=O) groups is 4. The van der Waals surface area contributed by atoms with Crippen molar-refractivity contribution in [2.45, 2.75) is 27.7 Å². The second-order valence-corrected chi connectivity index (χ2v) is 6.10. The average molecular weight is 405 g/mol. The van der Waals surface area contributed by atoms with Crippen LogP contribution in [0.1, 0.15) is 56.2 Å². The van der Waals surface area contributed by atoms with Crippen LogP contribution < -0.4 is 5.32 Å². The lowest BCUT2D eigenvalue weighted by molar-refractivity contribution is -0.119. The number of ketones is 1. The van der Waals surface area contributed by atoms with E-state index in [1.165, 1.54) is 26.0 Å². The molecule has 0 saturated heterocycles. The van der Waals surface area contributed by atoms with Gasteiger partial charge in [-0.25, -0.2) is 14.0 Å². The van der Waals surface area contributed by atoms with Gasteiger partial charge in [0.2, 0.25) is 5.88 Å². The van der Waals surface area contributed by atoms with Crippen molar-refractivity contribution in [3.05, 3.63) is 52.0 Å². The summed E-state index contributed by atoms with van der Waals surface area (Å²) in [6, 6.07) is 3.78. The van der Waals surface area contributed by atoms with Crippen molar-refractivity contribution in [3.8, 4) is 0 Å². The van der Waals surface area contributed by atoms with E-state index in [4.69, 9.17) is 13.9 Å². The number of hydrogen-bond acceptors (Lipinski definition) is 7. The highest BCUT2D eigenvalue weighted by molar-refractivity contribution is 6.10. The van der Waals surface area contributed by atoms with E-state index in [1.807, 2.05) is 0 Å². The normalized spacial score (nSPS) is 10.4. The molecule has 29 heavy (non-hydrogen) atoms. The summed E-state index contributed by atoms with van der Waals surface area (Å²) in [5.74, 6) is -3.73. The van der Waals surface area contributed by atoms with Gasteiger partial charge in [-0.05, 0) is 45.4 Å². The maximum absolute atomic E-state index is 13.5. The summed E-state index contributed by atoms with van der Waals surface area (Å²) >= 11 is 0. The molecule has 0 radical (unpaired) electrons. The van der Waals surface area contributed by atoms with E-state index in [9.17, 15) is 23.6 Å². The van der Waals surface area contributed by atoms with Gasteiger partial charge >= 0.3 is 11.9 Å². The molecule has 0 saturated carbocycles. The van der Waals surface area contributed by atoms with Crippen molar-refractivity contribution in [3.63, 3.8) is 0 Å². The molecule has 2 aromatic rings. The minimum Gasteiger partial charge on any atom is -0.462 e. The Balaban J connectivity index is 2.13. The molecule has 0 unspecified atom stereocenters. The first-order valence-electron chi connectivity index (χ1n) is 8.70. The van der Waals surface area contributed by atoms with Crippen LogP contribution in [0, 0.1) is 19.7 Å². The van der Waals surface area contributed by atoms with Gasteiger partial charge in [0.05, 0.1) is 17.7 Å². The van der Waals surface area contributed by atoms with E-state index in [2.05, 4.69) is 5.32 Å². The SMILES string of the molecule is CCOC(=O)c1c(NC(=O)COC(=O)c2ccc(C)c(F)c2)oc(C)c1C(C)=O. The first kappa shape index (κ1) is 21.8. The zero-order chi connectivity index (χ0) is 21.7. The number of aryl methyl sites for hydroxylation is 2. The summed E-state index contributed by atoms with van der Waals surface area (Å²) in [5.41, 5.74) is 0.0871. The lowest BCUT2D eigenvalue weighted by Gasteiger charge is -2.07. The van der Waals surface area contributed by atoms with E-state index in [0.717, 1.165) is 6.07 Å². The van der Waals surface area contributed by atoms with Crippen molar-refractivity contribution in [2.75, 3.05) is 18.5 Å². The Morgan fingerprint density at radius 1 is 1.07 bits per heavy atom. The molecule has 1 amide bonds. The minimum absolute atomic E-state index is 0.00845. The molecular weight excluding hydrogens is 385 g/mol. The smallest absolute Gasteiger partial charge is 0.344 e. The van der Waals surface area contributed by atoms with Gasteiger partial charge < -0.3 is 13.9 Å². The van der Waals surface area contributed by atoms with Crippen LogP contribution in [0.5, 0.6) is 0 Å². The Labute approximate surface area is 166 Å². The first-order valence-corrected chi connectivity index (χ1v) is 8.70. The van der Waals surface area contributed by atoms with Gasteiger partial charge in [-0.3, -0.25) is 14.9 Å². The molecule has 0 aliphatic rings. The third kappa shape index (κ3) is 5.07. The molecule has 0 fully saturated rings. The maximum atomic E-state index is 13.5. The highest BCUT2D eigenvalue weighted by atomic mass is 19.1. The first-order chi connectivity index (χ1) is 13.6. The molecule has 2 rings (SSSR count). The minimum atomic E-state index is -0.898. The van der Waals surface area contributed by atoms with Crippen LogP contribution in [0.25, 0.3) is 0 Å². The van der Waals surface area contributed by atoms with Crippen LogP contribution in [0.2, 0.25) is 0 Å². The number of amides is 1. The molecule has 0 aliphatic carbocycles. The fraction of sp³-hybridized carbons (Fsp3) is 0.300. The molecule has 0 aliphatic heterocycles. The second-order valence-electron chi connectivity index (χ2n) is 6.10. The van der Waals surface area contributed by atoms with Crippen molar-refractivity contribution in [2.24, 2.45) is 0 Å². The predicted octanol–water partition coefficient (Wildman–Crippen LogP) is 3.21. The highest BCUT2D eigenvalue weighted by Gasteiger charge is 2.29. The van der Waals surface area contributed by atoms with E-state index in [0.29, 0.717) is 5.56 Å². The maximum Gasteiger partial charge on any atom is 0.344 e. The van der Waals surface area contributed by atoms with Gasteiger partial charge in [0.1, 0.15) is 17.1 Å². The zero-order valence-corrected chi connectivity index (χ0v) is 16.4. The van der Waals surface area contributed by atoms with Crippen LogP contribution in [0.4, 0.5) is 10.3 Å². The second kappa shape index (κ2) is 9.13. The van der Waals surface area contributed by atoms with E-state index in [-0.39, 0.29) is 34.9 Å². The summed E-state index contributed by atoms with van der Waals surface area (Å²) in [6.45, 7) is 5.17. The Kier molecular flexibility index (Phi) is 6.87. The average Bonchev–Trinajstić information content (AvgIpc) is 2.98. The number of rotatable bonds is 7. The van der Waals surface area contributed by atoms with Gasteiger partial charge in [0.15, 0.2) is 12.4 Å². The third-order valence-electron chi connectivity index (χ3n) is 3.91. The molecular formula is C20H20FNO7. The van der Waals surface area contributed by atoms with Gasteiger partial charge in [0.25, 0.3) is 5.91 Å². The van der Waals surface area contributed by atoms with Gasteiger partial charge in [-0.15, -0.1) is 0 Å². The molecule has 0 spiro atoms. The van der Waals surface area contributed by atoms with Gasteiger partial charge in [-0.2, -0.15) is 0 Å². The number of furan rings is 1. The fourth-order valence-electron chi connectivity index (χ4n) is 2.55.